The van der Waals surface area contributed by atoms with E-state index in [1.807, 2.05) is 0 Å². The van der Waals surface area contributed by atoms with Gasteiger partial charge in [-0.3, -0.25) is 0 Å². The molecule has 1 atom stereocenters. The van der Waals surface area contributed by atoms with Gasteiger partial charge in [0.15, 0.2) is 0 Å². The Bertz CT molecular complexity index is 132. The lowest BCUT2D eigenvalue weighted by Gasteiger charge is -2.24. The Labute approximate surface area is 98.4 Å². The van der Waals surface area contributed by atoms with Gasteiger partial charge >= 0.3 is 0 Å². The zero-order chi connectivity index (χ0) is 11.0. The first kappa shape index (κ1) is 14.7. The van der Waals surface area contributed by atoms with Crippen molar-refractivity contribution < 1.29 is 0 Å². The molecule has 0 nitrogen and oxygen atoms in total. The number of unbranched alkanes of at least 4 members (excludes halogenated alkanes) is 2. The first-order valence-electron chi connectivity index (χ1n) is 5.86. The third-order valence-corrected chi connectivity index (χ3v) is 6.44. The molecule has 0 aromatic carbocycles. The van der Waals surface area contributed by atoms with Crippen LogP contribution in [0.2, 0.25) is 0 Å². The lowest BCUT2D eigenvalue weighted by molar-refractivity contribution is 0.575. The first-order chi connectivity index (χ1) is 6.52. The summed E-state index contributed by atoms with van der Waals surface area (Å²) in [4.78, 5) is 0. The van der Waals surface area contributed by atoms with Gasteiger partial charge in [-0.05, 0) is 26.7 Å². The minimum Gasteiger partial charge on any atom is -0.0905 e. The van der Waals surface area contributed by atoms with Gasteiger partial charge in [-0.25, -0.2) is 0 Å². The molecule has 0 aliphatic heterocycles. The molecule has 0 N–H and O–H groups in total. The predicted octanol–water partition coefficient (Wildman–Crippen LogP) is 5.53. The van der Waals surface area contributed by atoms with Crippen LogP contribution in [-0.2, 0) is 0 Å². The number of hydrogen-bond acceptors (Lipinski definition) is 2. The van der Waals surface area contributed by atoms with Crippen LogP contribution >= 0.6 is 21.6 Å². The van der Waals surface area contributed by atoms with Gasteiger partial charge in [0, 0.05) is 10.00 Å². The molecule has 86 valence electrons. The minimum atomic E-state index is 0.462. The summed E-state index contributed by atoms with van der Waals surface area (Å²) in [6.45, 7) is 11.6. The van der Waals surface area contributed by atoms with Crippen molar-refractivity contribution in [3.05, 3.63) is 0 Å². The summed E-state index contributed by atoms with van der Waals surface area (Å²) in [7, 11) is 4.14. The van der Waals surface area contributed by atoms with Crippen LogP contribution in [0.1, 0.15) is 66.7 Å². The molecular weight excluding hydrogens is 208 g/mol. The zero-order valence-electron chi connectivity index (χ0n) is 10.4. The number of hydrogen-bond donors (Lipinski definition) is 0. The van der Waals surface area contributed by atoms with E-state index in [4.69, 9.17) is 0 Å². The highest BCUT2D eigenvalue weighted by atomic mass is 33.1. The van der Waals surface area contributed by atoms with E-state index in [-0.39, 0.29) is 0 Å². The van der Waals surface area contributed by atoms with Crippen LogP contribution in [-0.4, -0.2) is 10.00 Å². The molecule has 0 aromatic rings. The van der Waals surface area contributed by atoms with Crippen molar-refractivity contribution in [1.29, 1.82) is 0 Å². The van der Waals surface area contributed by atoms with Crippen molar-refractivity contribution >= 4 is 21.6 Å². The second kappa shape index (κ2) is 7.92. The standard InChI is InChI=1S/C12H26S2/c1-6-8-9-10-12(4,5)14-13-11(3)7-2/h11H,6-10H2,1-5H3. The summed E-state index contributed by atoms with van der Waals surface area (Å²) in [5.41, 5.74) is 0. The van der Waals surface area contributed by atoms with E-state index >= 15 is 0 Å². The van der Waals surface area contributed by atoms with Crippen LogP contribution in [0.4, 0.5) is 0 Å². The smallest absolute Gasteiger partial charge is 0.0207 e. The molecule has 14 heavy (non-hydrogen) atoms. The van der Waals surface area contributed by atoms with Crippen molar-refractivity contribution in [2.45, 2.75) is 76.7 Å². The van der Waals surface area contributed by atoms with Crippen LogP contribution in [0.15, 0.2) is 0 Å². The molecule has 0 heterocycles. The number of rotatable bonds is 8. The van der Waals surface area contributed by atoms with E-state index in [0.29, 0.717) is 4.75 Å². The fourth-order valence-corrected chi connectivity index (χ4v) is 3.84. The Balaban J connectivity index is 3.60. The maximum atomic E-state index is 2.38. The fourth-order valence-electron chi connectivity index (χ4n) is 1.12. The van der Waals surface area contributed by atoms with Crippen LogP contribution in [0.25, 0.3) is 0 Å². The molecule has 0 aliphatic rings. The van der Waals surface area contributed by atoms with Crippen molar-refractivity contribution in [3.8, 4) is 0 Å². The second-order valence-electron chi connectivity index (χ2n) is 4.62. The monoisotopic (exact) mass is 234 g/mol. The van der Waals surface area contributed by atoms with E-state index in [9.17, 15) is 0 Å². The van der Waals surface area contributed by atoms with Gasteiger partial charge < -0.3 is 0 Å². The van der Waals surface area contributed by atoms with E-state index < -0.39 is 0 Å². The van der Waals surface area contributed by atoms with E-state index in [0.717, 1.165) is 5.25 Å². The molecule has 1 unspecified atom stereocenters. The largest absolute Gasteiger partial charge is 0.0905 e. The summed E-state index contributed by atoms with van der Waals surface area (Å²) in [5, 5.41) is 0.797. The SMILES string of the molecule is CCCCCC(C)(C)SSC(C)CC. The molecule has 2 heteroatoms. The summed E-state index contributed by atoms with van der Waals surface area (Å²) >= 11 is 0. The molecule has 0 bridgehead atoms. The van der Waals surface area contributed by atoms with Gasteiger partial charge in [0.25, 0.3) is 0 Å². The molecular formula is C12H26S2. The summed E-state index contributed by atoms with van der Waals surface area (Å²) in [6.07, 6.45) is 6.74. The van der Waals surface area contributed by atoms with Gasteiger partial charge in [-0.2, -0.15) is 0 Å². The third-order valence-electron chi connectivity index (χ3n) is 2.40. The lowest BCUT2D eigenvalue weighted by atomic mass is 10.0. The molecule has 0 saturated heterocycles. The second-order valence-corrected chi connectivity index (χ2v) is 7.96. The van der Waals surface area contributed by atoms with Crippen molar-refractivity contribution in [1.82, 2.24) is 0 Å². The topological polar surface area (TPSA) is 0 Å². The van der Waals surface area contributed by atoms with Gasteiger partial charge in [0.1, 0.15) is 0 Å². The van der Waals surface area contributed by atoms with E-state index in [1.165, 1.54) is 32.1 Å². The van der Waals surface area contributed by atoms with Crippen molar-refractivity contribution in [2.75, 3.05) is 0 Å². The zero-order valence-corrected chi connectivity index (χ0v) is 12.1. The Kier molecular flexibility index (Phi) is 8.32. The minimum absolute atomic E-state index is 0.462. The quantitative estimate of drug-likeness (QED) is 0.400. The van der Waals surface area contributed by atoms with Gasteiger partial charge in [0.05, 0.1) is 0 Å². The molecule has 0 spiro atoms. The Morgan fingerprint density at radius 1 is 1.14 bits per heavy atom. The summed E-state index contributed by atoms with van der Waals surface area (Å²) < 4.78 is 0.462. The van der Waals surface area contributed by atoms with Crippen LogP contribution < -0.4 is 0 Å². The fraction of sp³-hybridized carbons (Fsp3) is 1.00. The van der Waals surface area contributed by atoms with Crippen LogP contribution in [0, 0.1) is 0 Å². The molecule has 0 aliphatic carbocycles. The van der Waals surface area contributed by atoms with Crippen molar-refractivity contribution in [2.24, 2.45) is 0 Å². The highest BCUT2D eigenvalue weighted by molar-refractivity contribution is 8.77. The Morgan fingerprint density at radius 2 is 1.79 bits per heavy atom. The molecule has 0 rings (SSSR count). The van der Waals surface area contributed by atoms with E-state index in [2.05, 4.69) is 56.2 Å². The maximum Gasteiger partial charge on any atom is 0.0207 e. The average molecular weight is 234 g/mol. The van der Waals surface area contributed by atoms with Crippen LogP contribution in [0.3, 0.4) is 0 Å². The average Bonchev–Trinajstić information content (AvgIpc) is 2.14. The lowest BCUT2D eigenvalue weighted by Crippen LogP contribution is -2.13. The summed E-state index contributed by atoms with van der Waals surface area (Å²) in [6, 6.07) is 0. The third kappa shape index (κ3) is 8.05. The van der Waals surface area contributed by atoms with Gasteiger partial charge in [0.2, 0.25) is 0 Å². The predicted molar refractivity (Wildman–Crippen MR) is 73.2 cm³/mol. The Morgan fingerprint density at radius 3 is 2.29 bits per heavy atom. The Hall–Kier alpha value is 0.700. The van der Waals surface area contributed by atoms with Crippen molar-refractivity contribution in [3.63, 3.8) is 0 Å². The molecule has 0 saturated carbocycles. The molecule has 0 radical (unpaired) electrons. The molecule has 0 aromatic heterocycles. The van der Waals surface area contributed by atoms with Gasteiger partial charge in [-0.1, -0.05) is 61.6 Å². The normalized spacial score (nSPS) is 14.4. The van der Waals surface area contributed by atoms with Crippen LogP contribution in [0.5, 0.6) is 0 Å². The molecule has 0 amide bonds. The highest BCUT2D eigenvalue weighted by Gasteiger charge is 2.19. The highest BCUT2D eigenvalue weighted by Crippen LogP contribution is 2.41. The maximum absolute atomic E-state index is 2.38. The van der Waals surface area contributed by atoms with E-state index in [1.54, 1.807) is 0 Å². The summed E-state index contributed by atoms with van der Waals surface area (Å²) in [5.74, 6) is 0. The first-order valence-corrected chi connectivity index (χ1v) is 8.07. The van der Waals surface area contributed by atoms with Gasteiger partial charge in [-0.15, -0.1) is 0 Å². The molecule has 0 fully saturated rings.